The smallest absolute Gasteiger partial charge is 0.382 e. The maximum atomic E-state index is 12.6. The zero-order valence-electron chi connectivity index (χ0n) is 11.6. The van der Waals surface area contributed by atoms with Crippen LogP contribution in [0.3, 0.4) is 0 Å². The molecule has 2 rings (SSSR count). The molecule has 0 fully saturated rings. The maximum Gasteiger partial charge on any atom is 0.417 e. The summed E-state index contributed by atoms with van der Waals surface area (Å²) in [5.74, 6) is -0.150. The number of rotatable bonds is 3. The molecule has 23 heavy (non-hydrogen) atoms. The third kappa shape index (κ3) is 3.16. The number of halogens is 4. The first-order chi connectivity index (χ1) is 10.7. The van der Waals surface area contributed by atoms with Gasteiger partial charge < -0.3 is 5.73 Å². The van der Waals surface area contributed by atoms with Crippen molar-refractivity contribution in [3.8, 4) is 11.9 Å². The molecule has 2 N–H and O–H groups in total. The predicted molar refractivity (Wildman–Crippen MR) is 77.4 cm³/mol. The topological polar surface area (TPSA) is 97.6 Å². The summed E-state index contributed by atoms with van der Waals surface area (Å²) in [4.78, 5) is 3.62. The van der Waals surface area contributed by atoms with Crippen LogP contribution in [0.5, 0.6) is 0 Å². The van der Waals surface area contributed by atoms with Gasteiger partial charge in [-0.1, -0.05) is 18.5 Å². The first kappa shape index (κ1) is 17.2. The summed E-state index contributed by atoms with van der Waals surface area (Å²) in [6.07, 6.45) is -4.03. The van der Waals surface area contributed by atoms with E-state index in [-0.39, 0.29) is 33.0 Å². The Labute approximate surface area is 136 Å². The van der Waals surface area contributed by atoms with Gasteiger partial charge in [-0.15, -0.1) is 0 Å². The Morgan fingerprint density at radius 1 is 1.52 bits per heavy atom. The van der Waals surface area contributed by atoms with Crippen molar-refractivity contribution in [2.45, 2.75) is 18.0 Å². The lowest BCUT2D eigenvalue weighted by Crippen LogP contribution is -2.10. The fraction of sp³-hybridized carbons (Fsp3) is 0.250. The molecule has 0 radical (unpaired) electrons. The van der Waals surface area contributed by atoms with Gasteiger partial charge in [0.05, 0.1) is 21.4 Å². The van der Waals surface area contributed by atoms with E-state index in [0.717, 1.165) is 4.68 Å². The van der Waals surface area contributed by atoms with Crippen LogP contribution >= 0.6 is 11.6 Å². The molecule has 0 bridgehead atoms. The highest BCUT2D eigenvalue weighted by Gasteiger charge is 2.32. The summed E-state index contributed by atoms with van der Waals surface area (Å²) in [6, 6.07) is 2.42. The Balaban J connectivity index is 2.63. The van der Waals surface area contributed by atoms with E-state index in [1.165, 1.54) is 0 Å². The quantitative estimate of drug-likeness (QED) is 0.903. The Kier molecular flexibility index (Phi) is 4.63. The summed E-state index contributed by atoms with van der Waals surface area (Å²) in [5, 5.41) is 12.5. The zero-order chi connectivity index (χ0) is 17.4. The Morgan fingerprint density at radius 3 is 2.65 bits per heavy atom. The molecule has 0 aromatic carbocycles. The molecule has 2 aromatic heterocycles. The van der Waals surface area contributed by atoms with E-state index in [4.69, 9.17) is 22.6 Å². The molecule has 0 aliphatic rings. The molecule has 0 aliphatic heterocycles. The predicted octanol–water partition coefficient (Wildman–Crippen LogP) is 2.52. The van der Waals surface area contributed by atoms with E-state index in [0.29, 0.717) is 12.3 Å². The monoisotopic (exact) mass is 363 g/mol. The standard InChI is InChI=1S/C12H9ClF3N5OS/c1-2-23(22)9-8(4-17)20-21(10(9)18)11-7(13)3-6(5-19-11)12(14,15)16/h3,5H,2,18H2,1H3. The first-order valence-corrected chi connectivity index (χ1v) is 7.80. The van der Waals surface area contributed by atoms with Crippen molar-refractivity contribution in [2.75, 3.05) is 11.5 Å². The minimum atomic E-state index is -4.60. The molecule has 0 amide bonds. The number of nitrogens with two attached hydrogens (primary N) is 1. The Hall–Kier alpha value is -2.12. The van der Waals surface area contributed by atoms with Crippen molar-refractivity contribution < 1.29 is 17.4 Å². The number of aromatic nitrogens is 3. The largest absolute Gasteiger partial charge is 0.417 e. The number of nitriles is 1. The van der Waals surface area contributed by atoms with Crippen molar-refractivity contribution in [3.63, 3.8) is 0 Å². The van der Waals surface area contributed by atoms with Crippen LogP contribution in [0.1, 0.15) is 18.2 Å². The van der Waals surface area contributed by atoms with Crippen LogP contribution in [0.25, 0.3) is 5.82 Å². The Bertz CT molecular complexity index is 827. The summed E-state index contributed by atoms with van der Waals surface area (Å²) in [7, 11) is -1.57. The van der Waals surface area contributed by atoms with E-state index >= 15 is 0 Å². The third-order valence-electron chi connectivity index (χ3n) is 2.82. The van der Waals surface area contributed by atoms with Gasteiger partial charge in [-0.25, -0.2) is 4.98 Å². The van der Waals surface area contributed by atoms with Crippen molar-refractivity contribution in [3.05, 3.63) is 28.5 Å². The second kappa shape index (κ2) is 6.17. The number of nitrogen functional groups attached to an aromatic ring is 1. The van der Waals surface area contributed by atoms with Gasteiger partial charge in [0.2, 0.25) is 0 Å². The lowest BCUT2D eigenvalue weighted by Gasteiger charge is -2.10. The van der Waals surface area contributed by atoms with E-state index in [2.05, 4.69) is 10.1 Å². The summed E-state index contributed by atoms with van der Waals surface area (Å²) >= 11 is 5.82. The number of nitrogens with zero attached hydrogens (tertiary/aromatic N) is 4. The van der Waals surface area contributed by atoms with Gasteiger partial charge in [0.15, 0.2) is 11.5 Å². The van der Waals surface area contributed by atoms with Gasteiger partial charge in [0, 0.05) is 11.9 Å². The first-order valence-electron chi connectivity index (χ1n) is 6.10. The van der Waals surface area contributed by atoms with Crippen LogP contribution < -0.4 is 5.73 Å². The average molecular weight is 364 g/mol. The van der Waals surface area contributed by atoms with Gasteiger partial charge in [0.25, 0.3) is 0 Å². The molecule has 0 saturated carbocycles. The molecule has 0 spiro atoms. The van der Waals surface area contributed by atoms with Gasteiger partial charge >= 0.3 is 6.18 Å². The van der Waals surface area contributed by atoms with Crippen LogP contribution in [0.15, 0.2) is 17.2 Å². The lowest BCUT2D eigenvalue weighted by atomic mass is 10.3. The second-order valence-electron chi connectivity index (χ2n) is 4.25. The molecule has 2 heterocycles. The van der Waals surface area contributed by atoms with Crippen molar-refractivity contribution in [2.24, 2.45) is 0 Å². The molecule has 6 nitrogen and oxygen atoms in total. The number of hydrogen-bond acceptors (Lipinski definition) is 5. The molecule has 11 heteroatoms. The minimum absolute atomic E-state index is 0.00719. The SMILES string of the molecule is CCS(=O)c1c(C#N)nn(-c2ncc(C(F)(F)F)cc2Cl)c1N. The normalized spacial score (nSPS) is 12.9. The molecule has 122 valence electrons. The summed E-state index contributed by atoms with van der Waals surface area (Å²) in [6.45, 7) is 1.62. The second-order valence-corrected chi connectivity index (χ2v) is 6.33. The van der Waals surface area contributed by atoms with Crippen molar-refractivity contribution in [1.82, 2.24) is 14.8 Å². The molecule has 1 atom stereocenters. The van der Waals surface area contributed by atoms with Crippen LogP contribution in [-0.4, -0.2) is 24.7 Å². The van der Waals surface area contributed by atoms with Crippen molar-refractivity contribution in [1.29, 1.82) is 5.26 Å². The van der Waals surface area contributed by atoms with Crippen molar-refractivity contribution >= 4 is 28.2 Å². The fourth-order valence-electron chi connectivity index (χ4n) is 1.76. The van der Waals surface area contributed by atoms with Crippen LogP contribution in [0.4, 0.5) is 19.0 Å². The highest BCUT2D eigenvalue weighted by atomic mass is 35.5. The number of pyridine rings is 1. The van der Waals surface area contributed by atoms with Gasteiger partial charge in [-0.3, -0.25) is 4.21 Å². The highest BCUT2D eigenvalue weighted by Crippen LogP contribution is 2.33. The van der Waals surface area contributed by atoms with E-state index in [1.807, 2.05) is 0 Å². The lowest BCUT2D eigenvalue weighted by molar-refractivity contribution is -0.137. The average Bonchev–Trinajstić information content (AvgIpc) is 2.82. The van der Waals surface area contributed by atoms with E-state index in [9.17, 15) is 17.4 Å². The van der Waals surface area contributed by atoms with E-state index < -0.39 is 22.5 Å². The van der Waals surface area contributed by atoms with Gasteiger partial charge in [0.1, 0.15) is 16.8 Å². The van der Waals surface area contributed by atoms with Gasteiger partial charge in [-0.05, 0) is 6.07 Å². The number of anilines is 1. The molecular formula is C12H9ClF3N5OS. The molecule has 2 aromatic rings. The third-order valence-corrected chi connectivity index (χ3v) is 4.48. The minimum Gasteiger partial charge on any atom is -0.382 e. The number of alkyl halides is 3. The maximum absolute atomic E-state index is 12.6. The molecule has 0 saturated heterocycles. The van der Waals surface area contributed by atoms with Crippen LogP contribution in [0.2, 0.25) is 5.02 Å². The van der Waals surface area contributed by atoms with Gasteiger partial charge in [-0.2, -0.15) is 28.2 Å². The summed E-state index contributed by atoms with van der Waals surface area (Å²) < 4.78 is 50.7. The Morgan fingerprint density at radius 2 is 2.17 bits per heavy atom. The van der Waals surface area contributed by atoms with Crippen LogP contribution in [0, 0.1) is 11.3 Å². The highest BCUT2D eigenvalue weighted by molar-refractivity contribution is 7.85. The molecule has 1 unspecified atom stereocenters. The van der Waals surface area contributed by atoms with E-state index in [1.54, 1.807) is 13.0 Å². The number of hydrogen-bond donors (Lipinski definition) is 1. The van der Waals surface area contributed by atoms with Crippen LogP contribution in [-0.2, 0) is 17.0 Å². The molecular weight excluding hydrogens is 355 g/mol. The summed E-state index contributed by atoms with van der Waals surface area (Å²) in [5.41, 5.74) is 4.59. The zero-order valence-corrected chi connectivity index (χ0v) is 13.1. The molecule has 0 aliphatic carbocycles. The fourth-order valence-corrected chi connectivity index (χ4v) is 2.92.